The average Bonchev–Trinajstić information content (AvgIpc) is 2.17. The molecule has 2 atom stereocenters. The van der Waals surface area contributed by atoms with Crippen molar-refractivity contribution in [3.05, 3.63) is 0 Å². The first kappa shape index (κ1) is 14.6. The Kier molecular flexibility index (Phi) is 10.6. The SMILES string of the molecule is CCOC(CSC)C(CSC)OCC. The van der Waals surface area contributed by atoms with E-state index < -0.39 is 0 Å². The van der Waals surface area contributed by atoms with Crippen LogP contribution >= 0.6 is 23.5 Å². The van der Waals surface area contributed by atoms with Crippen molar-refractivity contribution in [1.82, 2.24) is 0 Å². The van der Waals surface area contributed by atoms with E-state index >= 15 is 0 Å². The largest absolute Gasteiger partial charge is 0.375 e. The number of rotatable bonds is 9. The summed E-state index contributed by atoms with van der Waals surface area (Å²) in [6.07, 6.45) is 4.69. The maximum Gasteiger partial charge on any atom is 0.0934 e. The lowest BCUT2D eigenvalue weighted by molar-refractivity contribution is -0.0441. The third-order valence-corrected chi connectivity index (χ3v) is 3.16. The van der Waals surface area contributed by atoms with Gasteiger partial charge in [0.1, 0.15) is 0 Å². The molecule has 0 aliphatic carbocycles. The van der Waals surface area contributed by atoms with Gasteiger partial charge >= 0.3 is 0 Å². The summed E-state index contributed by atoms with van der Waals surface area (Å²) in [6, 6.07) is 0. The van der Waals surface area contributed by atoms with Crippen molar-refractivity contribution in [3.8, 4) is 0 Å². The van der Waals surface area contributed by atoms with Crippen LogP contribution in [0.4, 0.5) is 0 Å². The number of hydrogen-bond donors (Lipinski definition) is 0. The minimum atomic E-state index is 0.238. The number of ether oxygens (including phenoxy) is 2. The molecule has 0 bridgehead atoms. The Hall–Kier alpha value is 0.620. The highest BCUT2D eigenvalue weighted by Crippen LogP contribution is 2.14. The molecule has 0 aromatic heterocycles. The lowest BCUT2D eigenvalue weighted by Gasteiger charge is -2.25. The lowest BCUT2D eigenvalue weighted by atomic mass is 10.2. The monoisotopic (exact) mass is 238 g/mol. The van der Waals surface area contributed by atoms with E-state index in [9.17, 15) is 0 Å². The van der Waals surface area contributed by atoms with Crippen LogP contribution in [0, 0.1) is 0 Å². The van der Waals surface area contributed by atoms with Gasteiger partial charge in [-0.25, -0.2) is 0 Å². The van der Waals surface area contributed by atoms with E-state index in [4.69, 9.17) is 9.47 Å². The van der Waals surface area contributed by atoms with Crippen molar-refractivity contribution in [2.75, 3.05) is 37.2 Å². The second-order valence-electron chi connectivity index (χ2n) is 2.90. The second-order valence-corrected chi connectivity index (χ2v) is 4.72. The molecule has 14 heavy (non-hydrogen) atoms. The van der Waals surface area contributed by atoms with Crippen molar-refractivity contribution in [2.45, 2.75) is 26.1 Å². The van der Waals surface area contributed by atoms with Gasteiger partial charge in [0.15, 0.2) is 0 Å². The molecule has 2 nitrogen and oxygen atoms in total. The Morgan fingerprint density at radius 3 is 1.43 bits per heavy atom. The van der Waals surface area contributed by atoms with E-state index in [1.807, 2.05) is 37.4 Å². The summed E-state index contributed by atoms with van der Waals surface area (Å²) in [6.45, 7) is 5.61. The van der Waals surface area contributed by atoms with Crippen molar-refractivity contribution >= 4 is 23.5 Å². The topological polar surface area (TPSA) is 18.5 Å². The average molecular weight is 238 g/mol. The van der Waals surface area contributed by atoms with Gasteiger partial charge in [0.2, 0.25) is 0 Å². The number of thioether (sulfide) groups is 2. The minimum Gasteiger partial charge on any atom is -0.375 e. The lowest BCUT2D eigenvalue weighted by Crippen LogP contribution is -2.35. The van der Waals surface area contributed by atoms with Crippen LogP contribution in [0.3, 0.4) is 0 Å². The van der Waals surface area contributed by atoms with E-state index in [0.717, 1.165) is 24.7 Å². The predicted molar refractivity (Wildman–Crippen MR) is 67.6 cm³/mol. The summed E-state index contributed by atoms with van der Waals surface area (Å²) in [5, 5.41) is 0. The fourth-order valence-electron chi connectivity index (χ4n) is 1.28. The number of hydrogen-bond acceptors (Lipinski definition) is 4. The normalized spacial score (nSPS) is 15.4. The quantitative estimate of drug-likeness (QED) is 0.614. The van der Waals surface area contributed by atoms with E-state index in [1.165, 1.54) is 0 Å². The Labute approximate surface area is 96.5 Å². The van der Waals surface area contributed by atoms with Crippen molar-refractivity contribution < 1.29 is 9.47 Å². The maximum atomic E-state index is 5.69. The molecule has 0 saturated carbocycles. The highest BCUT2D eigenvalue weighted by Gasteiger charge is 2.21. The highest BCUT2D eigenvalue weighted by molar-refractivity contribution is 7.98. The van der Waals surface area contributed by atoms with Gasteiger partial charge in [-0.2, -0.15) is 23.5 Å². The van der Waals surface area contributed by atoms with Crippen LogP contribution in [0.15, 0.2) is 0 Å². The minimum absolute atomic E-state index is 0.238. The molecule has 4 heteroatoms. The first-order valence-corrected chi connectivity index (χ1v) is 7.79. The zero-order chi connectivity index (χ0) is 10.8. The van der Waals surface area contributed by atoms with Crippen LogP contribution in [0.5, 0.6) is 0 Å². The third kappa shape index (κ3) is 6.17. The smallest absolute Gasteiger partial charge is 0.0934 e. The van der Waals surface area contributed by atoms with Gasteiger partial charge in [-0.3, -0.25) is 0 Å². The molecule has 0 saturated heterocycles. The van der Waals surface area contributed by atoms with Crippen molar-refractivity contribution in [3.63, 3.8) is 0 Å². The second kappa shape index (κ2) is 10.1. The molecule has 0 aromatic carbocycles. The maximum absolute atomic E-state index is 5.69. The summed E-state index contributed by atoms with van der Waals surface area (Å²) in [4.78, 5) is 0. The molecule has 0 aliphatic rings. The Balaban J connectivity index is 4.06. The van der Waals surface area contributed by atoms with Crippen LogP contribution in [-0.2, 0) is 9.47 Å². The van der Waals surface area contributed by atoms with Crippen LogP contribution in [-0.4, -0.2) is 49.4 Å². The third-order valence-electron chi connectivity index (χ3n) is 1.84. The van der Waals surface area contributed by atoms with Crippen molar-refractivity contribution in [2.24, 2.45) is 0 Å². The van der Waals surface area contributed by atoms with Gasteiger partial charge in [0, 0.05) is 24.7 Å². The van der Waals surface area contributed by atoms with Crippen LogP contribution in [0.25, 0.3) is 0 Å². The first-order valence-electron chi connectivity index (χ1n) is 5.01. The summed E-state index contributed by atoms with van der Waals surface area (Å²) < 4.78 is 11.4. The zero-order valence-electron chi connectivity index (χ0n) is 9.62. The molecule has 0 spiro atoms. The molecule has 2 unspecified atom stereocenters. The predicted octanol–water partition coefficient (Wildman–Crippen LogP) is 2.52. The van der Waals surface area contributed by atoms with Crippen LogP contribution < -0.4 is 0 Å². The summed E-state index contributed by atoms with van der Waals surface area (Å²) >= 11 is 3.63. The van der Waals surface area contributed by atoms with Gasteiger partial charge in [-0.15, -0.1) is 0 Å². The molecular formula is C10H22O2S2. The van der Waals surface area contributed by atoms with E-state index in [-0.39, 0.29) is 12.2 Å². The van der Waals surface area contributed by atoms with Gasteiger partial charge in [-0.1, -0.05) is 0 Å². The van der Waals surface area contributed by atoms with Gasteiger partial charge in [-0.05, 0) is 26.4 Å². The Bertz CT molecular complexity index is 96.7. The fraction of sp³-hybridized carbons (Fsp3) is 1.00. The standard InChI is InChI=1S/C10H22O2S2/c1-5-11-9(7-13-3)10(8-14-4)12-6-2/h9-10H,5-8H2,1-4H3. The highest BCUT2D eigenvalue weighted by atomic mass is 32.2. The Morgan fingerprint density at radius 2 is 1.21 bits per heavy atom. The molecule has 0 radical (unpaired) electrons. The first-order chi connectivity index (χ1) is 6.79. The molecular weight excluding hydrogens is 216 g/mol. The summed E-state index contributed by atoms with van der Waals surface area (Å²) in [7, 11) is 0. The van der Waals surface area contributed by atoms with Gasteiger partial charge in [0.25, 0.3) is 0 Å². The molecule has 86 valence electrons. The van der Waals surface area contributed by atoms with E-state index in [0.29, 0.717) is 0 Å². The molecule has 0 heterocycles. The molecule has 0 aliphatic heterocycles. The van der Waals surface area contributed by atoms with Crippen LogP contribution in [0.1, 0.15) is 13.8 Å². The zero-order valence-corrected chi connectivity index (χ0v) is 11.2. The molecule has 0 fully saturated rings. The summed E-state index contributed by atoms with van der Waals surface area (Å²) in [5.41, 5.74) is 0. The Morgan fingerprint density at radius 1 is 0.857 bits per heavy atom. The van der Waals surface area contributed by atoms with E-state index in [2.05, 4.69) is 12.5 Å². The molecule has 0 amide bonds. The van der Waals surface area contributed by atoms with Crippen molar-refractivity contribution in [1.29, 1.82) is 0 Å². The molecule has 0 aromatic rings. The molecule has 0 rings (SSSR count). The van der Waals surface area contributed by atoms with E-state index in [1.54, 1.807) is 0 Å². The van der Waals surface area contributed by atoms with Gasteiger partial charge in [0.05, 0.1) is 12.2 Å². The molecule has 0 N–H and O–H groups in total. The van der Waals surface area contributed by atoms with Crippen LogP contribution in [0.2, 0.25) is 0 Å². The van der Waals surface area contributed by atoms with Gasteiger partial charge < -0.3 is 9.47 Å². The fourth-order valence-corrected chi connectivity index (χ4v) is 2.56. The summed E-state index contributed by atoms with van der Waals surface area (Å²) in [5.74, 6) is 2.03.